The Morgan fingerprint density at radius 1 is 1.40 bits per heavy atom. The third-order valence-corrected chi connectivity index (χ3v) is 5.20. The maximum atomic E-state index is 11.5. The smallest absolute Gasteiger partial charge is 0.247 e. The topological polar surface area (TPSA) is 85.1 Å². The Kier molecular flexibility index (Phi) is 3.21. The molecule has 0 amide bonds. The van der Waals surface area contributed by atoms with E-state index in [0.29, 0.717) is 12.3 Å². The summed E-state index contributed by atoms with van der Waals surface area (Å²) in [7, 11) is -2.89. The van der Waals surface area contributed by atoms with E-state index in [0.717, 1.165) is 16.8 Å². The van der Waals surface area contributed by atoms with Crippen LogP contribution < -0.4 is 5.32 Å². The molecule has 0 aliphatic carbocycles. The van der Waals surface area contributed by atoms with Crippen LogP contribution >= 0.6 is 0 Å². The van der Waals surface area contributed by atoms with Crippen molar-refractivity contribution in [2.45, 2.75) is 19.4 Å². The summed E-state index contributed by atoms with van der Waals surface area (Å²) in [6, 6.07) is 5.73. The molecule has 1 saturated heterocycles. The van der Waals surface area contributed by atoms with E-state index in [9.17, 15) is 8.42 Å². The van der Waals surface area contributed by atoms with Crippen LogP contribution in [0.2, 0.25) is 0 Å². The lowest BCUT2D eigenvalue weighted by molar-refractivity contribution is 0.568. The van der Waals surface area contributed by atoms with Crippen molar-refractivity contribution < 1.29 is 12.8 Å². The summed E-state index contributed by atoms with van der Waals surface area (Å²) in [5.41, 5.74) is 2.77. The number of hydrogen-bond donors (Lipinski definition) is 1. The highest BCUT2D eigenvalue weighted by Gasteiger charge is 2.28. The molecule has 1 atom stereocenters. The molecule has 3 rings (SSSR count). The zero-order valence-electron chi connectivity index (χ0n) is 11.0. The largest absolute Gasteiger partial charge is 0.423 e. The third-order valence-electron chi connectivity index (χ3n) is 3.44. The fourth-order valence-corrected chi connectivity index (χ4v) is 4.01. The van der Waals surface area contributed by atoms with Crippen LogP contribution in [0.4, 0.5) is 5.69 Å². The number of aromatic nitrogens is 2. The van der Waals surface area contributed by atoms with Gasteiger partial charge < -0.3 is 9.73 Å². The van der Waals surface area contributed by atoms with Gasteiger partial charge in [-0.05, 0) is 31.0 Å². The van der Waals surface area contributed by atoms with Gasteiger partial charge in [0.2, 0.25) is 12.3 Å². The van der Waals surface area contributed by atoms with E-state index in [1.54, 1.807) is 0 Å². The molecule has 1 fully saturated rings. The van der Waals surface area contributed by atoms with Crippen molar-refractivity contribution in [3.63, 3.8) is 0 Å². The van der Waals surface area contributed by atoms with Gasteiger partial charge in [-0.3, -0.25) is 0 Å². The highest BCUT2D eigenvalue weighted by molar-refractivity contribution is 7.91. The fourth-order valence-electron chi connectivity index (χ4n) is 2.34. The van der Waals surface area contributed by atoms with Crippen molar-refractivity contribution >= 4 is 15.5 Å². The molecule has 0 bridgehead atoms. The first-order valence-corrected chi connectivity index (χ1v) is 8.20. The summed E-state index contributed by atoms with van der Waals surface area (Å²) >= 11 is 0. The number of aryl methyl sites for hydroxylation is 1. The van der Waals surface area contributed by atoms with Crippen molar-refractivity contribution in [3.05, 3.63) is 30.2 Å². The Balaban J connectivity index is 1.84. The molecule has 2 aromatic rings. The first-order valence-electron chi connectivity index (χ1n) is 6.38. The lowest BCUT2D eigenvalue weighted by atomic mass is 10.1. The van der Waals surface area contributed by atoms with Gasteiger partial charge in [-0.2, -0.15) is 0 Å². The lowest BCUT2D eigenvalue weighted by Gasteiger charge is -2.15. The average Bonchev–Trinajstić information content (AvgIpc) is 3.02. The molecule has 0 saturated carbocycles. The highest BCUT2D eigenvalue weighted by atomic mass is 32.2. The summed E-state index contributed by atoms with van der Waals surface area (Å²) < 4.78 is 28.2. The van der Waals surface area contributed by atoms with Crippen LogP contribution in [0.15, 0.2) is 29.0 Å². The molecule has 1 aliphatic heterocycles. The van der Waals surface area contributed by atoms with E-state index in [-0.39, 0.29) is 17.5 Å². The molecule has 2 heterocycles. The summed E-state index contributed by atoms with van der Waals surface area (Å²) in [5, 5.41) is 10.8. The zero-order chi connectivity index (χ0) is 14.2. The Morgan fingerprint density at radius 3 is 2.90 bits per heavy atom. The predicted octanol–water partition coefficient (Wildman–Crippen LogP) is 1.64. The highest BCUT2D eigenvalue weighted by Crippen LogP contribution is 2.26. The normalized spacial score (nSPS) is 20.9. The SMILES string of the molecule is Cc1ccc(-c2nnco2)cc1NC1CCS(=O)(=O)C1. The summed E-state index contributed by atoms with van der Waals surface area (Å²) in [5.74, 6) is 0.900. The minimum absolute atomic E-state index is 0.0309. The Hall–Kier alpha value is -1.89. The van der Waals surface area contributed by atoms with Gasteiger partial charge in [0, 0.05) is 17.3 Å². The quantitative estimate of drug-likeness (QED) is 0.926. The Bertz CT molecular complexity index is 710. The van der Waals surface area contributed by atoms with Crippen LogP contribution in [0, 0.1) is 6.92 Å². The second-order valence-corrected chi connectivity index (χ2v) is 7.25. The molecule has 6 nitrogen and oxygen atoms in total. The van der Waals surface area contributed by atoms with Gasteiger partial charge in [-0.15, -0.1) is 10.2 Å². The fraction of sp³-hybridized carbons (Fsp3) is 0.385. The molecule has 0 radical (unpaired) electrons. The molecule has 7 heteroatoms. The summed E-state index contributed by atoms with van der Waals surface area (Å²) in [4.78, 5) is 0. The van der Waals surface area contributed by atoms with Gasteiger partial charge in [0.25, 0.3) is 0 Å². The van der Waals surface area contributed by atoms with E-state index < -0.39 is 9.84 Å². The number of nitrogens with zero attached hydrogens (tertiary/aromatic N) is 2. The van der Waals surface area contributed by atoms with Crippen LogP contribution in [-0.2, 0) is 9.84 Å². The second-order valence-electron chi connectivity index (χ2n) is 5.02. The van der Waals surface area contributed by atoms with Gasteiger partial charge >= 0.3 is 0 Å². The molecular formula is C13H15N3O3S. The Labute approximate surface area is 117 Å². The minimum Gasteiger partial charge on any atom is -0.423 e. The molecule has 20 heavy (non-hydrogen) atoms. The predicted molar refractivity (Wildman–Crippen MR) is 75.2 cm³/mol. The van der Waals surface area contributed by atoms with Crippen LogP contribution in [0.25, 0.3) is 11.5 Å². The molecular weight excluding hydrogens is 278 g/mol. The molecule has 1 aliphatic rings. The number of rotatable bonds is 3. The van der Waals surface area contributed by atoms with E-state index >= 15 is 0 Å². The molecule has 1 unspecified atom stereocenters. The minimum atomic E-state index is -2.89. The van der Waals surface area contributed by atoms with Gasteiger partial charge in [-0.1, -0.05) is 6.07 Å². The van der Waals surface area contributed by atoms with Crippen molar-refractivity contribution in [3.8, 4) is 11.5 Å². The van der Waals surface area contributed by atoms with E-state index in [2.05, 4.69) is 15.5 Å². The number of nitrogens with one attached hydrogen (secondary N) is 1. The number of benzene rings is 1. The molecule has 106 valence electrons. The summed E-state index contributed by atoms with van der Waals surface area (Å²) in [6.45, 7) is 1.98. The zero-order valence-corrected chi connectivity index (χ0v) is 11.9. The summed E-state index contributed by atoms with van der Waals surface area (Å²) in [6.07, 6.45) is 1.93. The Morgan fingerprint density at radius 2 is 2.25 bits per heavy atom. The van der Waals surface area contributed by atoms with Crippen molar-refractivity contribution in [1.82, 2.24) is 10.2 Å². The van der Waals surface area contributed by atoms with E-state index in [4.69, 9.17) is 4.42 Å². The van der Waals surface area contributed by atoms with E-state index in [1.807, 2.05) is 25.1 Å². The monoisotopic (exact) mass is 293 g/mol. The second kappa shape index (κ2) is 4.90. The van der Waals surface area contributed by atoms with Crippen LogP contribution in [-0.4, -0.2) is 36.2 Å². The van der Waals surface area contributed by atoms with Crippen molar-refractivity contribution in [1.29, 1.82) is 0 Å². The van der Waals surface area contributed by atoms with E-state index in [1.165, 1.54) is 6.39 Å². The lowest BCUT2D eigenvalue weighted by Crippen LogP contribution is -2.21. The van der Waals surface area contributed by atoms with Gasteiger partial charge in [0.05, 0.1) is 11.5 Å². The number of sulfone groups is 1. The van der Waals surface area contributed by atoms with Gasteiger partial charge in [-0.25, -0.2) is 8.42 Å². The maximum absolute atomic E-state index is 11.5. The number of anilines is 1. The molecule has 1 N–H and O–H groups in total. The average molecular weight is 293 g/mol. The molecule has 0 spiro atoms. The van der Waals surface area contributed by atoms with Crippen LogP contribution in [0.3, 0.4) is 0 Å². The standard InChI is InChI=1S/C13H15N3O3S/c1-9-2-3-10(13-16-14-8-19-13)6-12(9)15-11-4-5-20(17,18)7-11/h2-3,6,8,11,15H,4-5,7H2,1H3. The first-order chi connectivity index (χ1) is 9.53. The van der Waals surface area contributed by atoms with Gasteiger partial charge in [0.15, 0.2) is 9.84 Å². The number of hydrogen-bond acceptors (Lipinski definition) is 6. The van der Waals surface area contributed by atoms with Crippen LogP contribution in [0.5, 0.6) is 0 Å². The third kappa shape index (κ3) is 2.67. The van der Waals surface area contributed by atoms with Crippen LogP contribution in [0.1, 0.15) is 12.0 Å². The van der Waals surface area contributed by atoms with Crippen molar-refractivity contribution in [2.75, 3.05) is 16.8 Å². The first kappa shape index (κ1) is 13.1. The maximum Gasteiger partial charge on any atom is 0.247 e. The molecule has 1 aromatic heterocycles. The van der Waals surface area contributed by atoms with Gasteiger partial charge in [0.1, 0.15) is 0 Å². The van der Waals surface area contributed by atoms with Crippen molar-refractivity contribution in [2.24, 2.45) is 0 Å². The molecule has 1 aromatic carbocycles.